The summed E-state index contributed by atoms with van der Waals surface area (Å²) in [6.45, 7) is 3.05. The first-order valence-corrected chi connectivity index (χ1v) is 16.8. The maximum absolute atomic E-state index is 5.62. The van der Waals surface area contributed by atoms with Crippen molar-refractivity contribution in [2.24, 2.45) is 0 Å². The van der Waals surface area contributed by atoms with Crippen molar-refractivity contribution in [2.75, 3.05) is 12.8 Å². The molecule has 1 rings (SSSR count). The highest BCUT2D eigenvalue weighted by molar-refractivity contribution is 7.47. The van der Waals surface area contributed by atoms with Gasteiger partial charge in [0.2, 0.25) is 0 Å². The van der Waals surface area contributed by atoms with Gasteiger partial charge in [0.15, 0.2) is 8.56 Å². The quantitative estimate of drug-likeness (QED) is 0.438. The summed E-state index contributed by atoms with van der Waals surface area (Å²) in [4.78, 5) is 0. The average Bonchev–Trinajstić information content (AvgIpc) is 1.91. The van der Waals surface area contributed by atoms with Crippen LogP contribution in [-0.2, 0) is 8.85 Å². The number of hydrogen-bond donors (Lipinski definition) is 0. The van der Waals surface area contributed by atoms with Crippen molar-refractivity contribution in [3.63, 3.8) is 0 Å². The van der Waals surface area contributed by atoms with Gasteiger partial charge in [0.1, 0.15) is 9.28 Å². The summed E-state index contributed by atoms with van der Waals surface area (Å²) < 4.78 is 11.1. The van der Waals surface area contributed by atoms with Gasteiger partial charge in [0.25, 0.3) is 0 Å². The van der Waals surface area contributed by atoms with Gasteiger partial charge in [-0.05, 0) is 6.92 Å². The van der Waals surface area contributed by atoms with Crippen molar-refractivity contribution >= 4 is 34.9 Å². The van der Waals surface area contributed by atoms with Crippen LogP contribution in [0.2, 0.25) is 0 Å². The summed E-state index contributed by atoms with van der Waals surface area (Å²) in [6, 6.07) is 0. The zero-order chi connectivity index (χ0) is 6.53. The van der Waals surface area contributed by atoms with Crippen molar-refractivity contribution in [2.45, 2.75) is 6.92 Å². The van der Waals surface area contributed by atoms with Gasteiger partial charge in [0, 0.05) is 29.9 Å². The van der Waals surface area contributed by atoms with E-state index in [-0.39, 0.29) is 9.28 Å². The topological polar surface area (TPSA) is 18.5 Å². The van der Waals surface area contributed by atoms with Crippen LogP contribution in [0.4, 0.5) is 0 Å². The Morgan fingerprint density at radius 3 is 3.22 bits per heavy atom. The van der Waals surface area contributed by atoms with Crippen LogP contribution in [-0.4, -0.2) is 47.8 Å². The maximum atomic E-state index is 5.62. The fourth-order valence-corrected chi connectivity index (χ4v) is 38.9. The van der Waals surface area contributed by atoms with Crippen molar-refractivity contribution in [1.82, 2.24) is 0 Å². The standard InChI is InChI=1S/C3H14O2Si4/c1-2-5-9-3-4-6-7-8-9/h9H,2-3,6-8H2,1H3. The van der Waals surface area contributed by atoms with Crippen LogP contribution < -0.4 is 0 Å². The summed E-state index contributed by atoms with van der Waals surface area (Å²) in [7, 11) is 0.339. The van der Waals surface area contributed by atoms with E-state index in [0.29, 0.717) is 17.1 Å². The molecule has 1 heterocycles. The summed E-state index contributed by atoms with van der Waals surface area (Å²) in [5, 5.41) is 0. The van der Waals surface area contributed by atoms with Gasteiger partial charge in [0.05, 0.1) is 0 Å². The Kier molecular flexibility index (Phi) is 4.01. The molecule has 2 nitrogen and oxygen atoms in total. The highest BCUT2D eigenvalue weighted by Crippen LogP contribution is 1.89. The molecule has 0 aromatic heterocycles. The fraction of sp³-hybridized carbons (Fsp3) is 1.00. The van der Waals surface area contributed by atoms with Crippen LogP contribution in [0, 0.1) is 0 Å². The molecular weight excluding hydrogens is 180 g/mol. The van der Waals surface area contributed by atoms with Crippen molar-refractivity contribution in [1.29, 1.82) is 0 Å². The van der Waals surface area contributed by atoms with Crippen molar-refractivity contribution in [3.8, 4) is 0 Å². The molecule has 1 aliphatic rings. The zero-order valence-electron chi connectivity index (χ0n) is 5.93. The first kappa shape index (κ1) is 7.89. The van der Waals surface area contributed by atoms with Crippen LogP contribution in [0.1, 0.15) is 6.92 Å². The Bertz CT molecular complexity index is 71.5. The van der Waals surface area contributed by atoms with Gasteiger partial charge in [-0.2, -0.15) is 0 Å². The van der Waals surface area contributed by atoms with Crippen molar-refractivity contribution in [3.05, 3.63) is 0 Å². The molecule has 0 bridgehead atoms. The second-order valence-electron chi connectivity index (χ2n) is 2.29. The van der Waals surface area contributed by atoms with E-state index >= 15 is 0 Å². The molecule has 9 heavy (non-hydrogen) atoms. The Labute approximate surface area is 64.0 Å². The molecule has 0 N–H and O–H groups in total. The lowest BCUT2D eigenvalue weighted by molar-refractivity contribution is 0.317. The van der Waals surface area contributed by atoms with E-state index in [2.05, 4.69) is 6.92 Å². The number of rotatable bonds is 2. The van der Waals surface area contributed by atoms with E-state index in [1.807, 2.05) is 0 Å². The van der Waals surface area contributed by atoms with Gasteiger partial charge in [-0.25, -0.2) is 0 Å². The van der Waals surface area contributed by atoms with Crippen molar-refractivity contribution < 1.29 is 8.85 Å². The minimum absolute atomic E-state index is 0.115. The molecule has 0 amide bonds. The maximum Gasteiger partial charge on any atom is 0.178 e. The summed E-state index contributed by atoms with van der Waals surface area (Å²) in [5.74, 6) is 0. The Morgan fingerprint density at radius 1 is 1.78 bits per heavy atom. The van der Waals surface area contributed by atoms with Crippen LogP contribution in [0.3, 0.4) is 0 Å². The molecule has 0 radical (unpaired) electrons. The summed E-state index contributed by atoms with van der Waals surface area (Å²) in [5.41, 5.74) is 0. The largest absolute Gasteiger partial charge is 0.429 e. The molecule has 0 saturated carbocycles. The highest BCUT2D eigenvalue weighted by atomic mass is 29.7. The normalized spacial score (nSPS) is 36.3. The minimum atomic E-state index is -0.613. The lowest BCUT2D eigenvalue weighted by Crippen LogP contribution is -2.44. The zero-order valence-corrected chi connectivity index (χ0v) is 11.3. The van der Waals surface area contributed by atoms with Gasteiger partial charge >= 0.3 is 0 Å². The third kappa shape index (κ3) is 2.91. The Morgan fingerprint density at radius 2 is 2.67 bits per heavy atom. The fourth-order valence-electron chi connectivity index (χ4n) is 1.08. The third-order valence-electron chi connectivity index (χ3n) is 1.52. The first-order chi connectivity index (χ1) is 4.43. The molecule has 0 spiro atoms. The second kappa shape index (κ2) is 4.58. The molecular formula is C3H14O2Si4. The SMILES string of the molecule is CCO[SiH]1CO[SiH2][SiH2][SiH2]1. The highest BCUT2D eigenvalue weighted by Gasteiger charge is 2.16. The molecule has 1 fully saturated rings. The van der Waals surface area contributed by atoms with E-state index < -0.39 is 8.56 Å². The van der Waals surface area contributed by atoms with Crippen LogP contribution in [0.5, 0.6) is 0 Å². The summed E-state index contributed by atoms with van der Waals surface area (Å²) in [6.07, 6.45) is 1.10. The van der Waals surface area contributed by atoms with E-state index in [4.69, 9.17) is 8.85 Å². The van der Waals surface area contributed by atoms with Gasteiger partial charge < -0.3 is 8.85 Å². The van der Waals surface area contributed by atoms with E-state index in [9.17, 15) is 0 Å². The predicted octanol–water partition coefficient (Wildman–Crippen LogP) is -2.94. The number of hydrogen-bond acceptors (Lipinski definition) is 2. The third-order valence-corrected chi connectivity index (χ3v) is 34.7. The molecule has 0 aromatic carbocycles. The smallest absolute Gasteiger partial charge is 0.178 e. The first-order valence-electron chi connectivity index (χ1n) is 3.63. The Hall–Kier alpha value is 0.788. The molecule has 1 saturated heterocycles. The van der Waals surface area contributed by atoms with Gasteiger partial charge in [-0.3, -0.25) is 0 Å². The minimum Gasteiger partial charge on any atom is -0.429 e. The monoisotopic (exact) mass is 194 g/mol. The van der Waals surface area contributed by atoms with E-state index in [0.717, 1.165) is 12.8 Å². The molecule has 6 heteroatoms. The molecule has 1 aliphatic heterocycles. The predicted molar refractivity (Wildman–Crippen MR) is 50.4 cm³/mol. The van der Waals surface area contributed by atoms with Crippen LogP contribution >= 0.6 is 0 Å². The average molecular weight is 194 g/mol. The second-order valence-corrected chi connectivity index (χ2v) is 25.7. The van der Waals surface area contributed by atoms with Crippen LogP contribution in [0.25, 0.3) is 0 Å². The van der Waals surface area contributed by atoms with Gasteiger partial charge in [-0.15, -0.1) is 0 Å². The Balaban J connectivity index is 2.08. The van der Waals surface area contributed by atoms with Crippen LogP contribution in [0.15, 0.2) is 0 Å². The molecule has 1 atom stereocenters. The molecule has 0 aromatic rings. The molecule has 54 valence electrons. The lowest BCUT2D eigenvalue weighted by Gasteiger charge is -2.19. The van der Waals surface area contributed by atoms with Gasteiger partial charge in [-0.1, -0.05) is 0 Å². The molecule has 1 unspecified atom stereocenters. The lowest BCUT2D eigenvalue weighted by atomic mass is 10.9. The molecule has 0 aliphatic carbocycles. The van der Waals surface area contributed by atoms with E-state index in [1.54, 1.807) is 0 Å². The summed E-state index contributed by atoms with van der Waals surface area (Å²) >= 11 is 0. The van der Waals surface area contributed by atoms with E-state index in [1.165, 1.54) is 0 Å².